The van der Waals surface area contributed by atoms with Crippen LogP contribution in [0.3, 0.4) is 0 Å². The SMILES string of the molecule is COc1ccccc1NC(=O)N(Cc1ccc(OC)c(OS(=O)(=O)c2ccc(Cl)c(Cl)c2)c1)C(C)C. The maximum Gasteiger partial charge on any atom is 0.339 e. The van der Waals surface area contributed by atoms with Gasteiger partial charge in [0.1, 0.15) is 10.6 Å². The van der Waals surface area contributed by atoms with E-state index >= 15 is 0 Å². The molecule has 0 bridgehead atoms. The molecule has 3 aromatic carbocycles. The van der Waals surface area contributed by atoms with Crippen molar-refractivity contribution in [3.63, 3.8) is 0 Å². The third-order valence-corrected chi connectivity index (χ3v) is 7.16. The van der Waals surface area contributed by atoms with Gasteiger partial charge >= 0.3 is 16.1 Å². The van der Waals surface area contributed by atoms with Crippen LogP contribution in [0.5, 0.6) is 17.2 Å². The fourth-order valence-corrected chi connectivity index (χ4v) is 4.63. The molecule has 0 heterocycles. The lowest BCUT2D eigenvalue weighted by molar-refractivity contribution is 0.193. The molecule has 8 nitrogen and oxygen atoms in total. The van der Waals surface area contributed by atoms with Gasteiger partial charge < -0.3 is 23.9 Å². The fraction of sp³-hybridized carbons (Fsp3) is 0.240. The maximum absolute atomic E-state index is 13.1. The van der Waals surface area contributed by atoms with E-state index in [2.05, 4.69) is 5.32 Å². The first-order valence-corrected chi connectivity index (χ1v) is 13.0. The Morgan fingerprint density at radius 1 is 0.917 bits per heavy atom. The summed E-state index contributed by atoms with van der Waals surface area (Å²) >= 11 is 11.9. The summed E-state index contributed by atoms with van der Waals surface area (Å²) in [5, 5.41) is 3.15. The fourth-order valence-electron chi connectivity index (χ4n) is 3.30. The minimum atomic E-state index is -4.24. The van der Waals surface area contributed by atoms with Gasteiger partial charge in [-0.3, -0.25) is 0 Å². The van der Waals surface area contributed by atoms with Crippen molar-refractivity contribution in [3.8, 4) is 17.2 Å². The van der Waals surface area contributed by atoms with Crippen molar-refractivity contribution in [1.29, 1.82) is 0 Å². The molecule has 11 heteroatoms. The number of para-hydroxylation sites is 2. The molecule has 2 amide bonds. The van der Waals surface area contributed by atoms with Crippen molar-refractivity contribution >= 4 is 45.0 Å². The molecule has 192 valence electrons. The number of nitrogens with zero attached hydrogens (tertiary/aromatic N) is 1. The Balaban J connectivity index is 1.86. The lowest BCUT2D eigenvalue weighted by Crippen LogP contribution is -2.39. The van der Waals surface area contributed by atoms with Crippen LogP contribution in [-0.2, 0) is 16.7 Å². The molecule has 1 N–H and O–H groups in total. The van der Waals surface area contributed by atoms with Crippen molar-refractivity contribution in [2.45, 2.75) is 31.3 Å². The van der Waals surface area contributed by atoms with Crippen LogP contribution in [0.1, 0.15) is 19.4 Å². The van der Waals surface area contributed by atoms with E-state index in [1.54, 1.807) is 41.3 Å². The lowest BCUT2D eigenvalue weighted by Gasteiger charge is -2.27. The number of carbonyl (C=O) groups excluding carboxylic acids is 1. The largest absolute Gasteiger partial charge is 0.495 e. The summed E-state index contributed by atoms with van der Waals surface area (Å²) < 4.78 is 41.7. The summed E-state index contributed by atoms with van der Waals surface area (Å²) in [6.45, 7) is 3.92. The highest BCUT2D eigenvalue weighted by Gasteiger charge is 2.23. The minimum Gasteiger partial charge on any atom is -0.495 e. The molecular weight excluding hydrogens is 527 g/mol. The van der Waals surface area contributed by atoms with Crippen molar-refractivity contribution in [2.75, 3.05) is 19.5 Å². The van der Waals surface area contributed by atoms with Gasteiger partial charge in [-0.25, -0.2) is 4.79 Å². The summed E-state index contributed by atoms with van der Waals surface area (Å²) in [6, 6.07) is 15.2. The van der Waals surface area contributed by atoms with E-state index in [9.17, 15) is 13.2 Å². The number of rotatable bonds is 9. The molecule has 0 aromatic heterocycles. The Labute approximate surface area is 220 Å². The molecule has 0 spiro atoms. The number of halogens is 2. The first kappa shape index (κ1) is 27.4. The van der Waals surface area contributed by atoms with Gasteiger partial charge in [0.25, 0.3) is 0 Å². The Morgan fingerprint density at radius 3 is 2.25 bits per heavy atom. The van der Waals surface area contributed by atoms with Crippen LogP contribution < -0.4 is 19.0 Å². The second kappa shape index (κ2) is 11.7. The molecular formula is C25H26Cl2N2O6S. The maximum atomic E-state index is 13.1. The third kappa shape index (κ3) is 6.54. The molecule has 36 heavy (non-hydrogen) atoms. The van der Waals surface area contributed by atoms with Crippen LogP contribution >= 0.6 is 23.2 Å². The molecule has 3 rings (SSSR count). The summed E-state index contributed by atoms with van der Waals surface area (Å²) in [4.78, 5) is 14.5. The zero-order chi connectivity index (χ0) is 26.5. The van der Waals surface area contributed by atoms with Gasteiger partial charge in [-0.05, 0) is 61.9 Å². The number of ether oxygens (including phenoxy) is 2. The van der Waals surface area contributed by atoms with Gasteiger partial charge in [-0.2, -0.15) is 8.42 Å². The highest BCUT2D eigenvalue weighted by molar-refractivity contribution is 7.87. The van der Waals surface area contributed by atoms with E-state index in [1.807, 2.05) is 13.8 Å². The zero-order valence-electron chi connectivity index (χ0n) is 20.1. The number of benzene rings is 3. The highest BCUT2D eigenvalue weighted by Crippen LogP contribution is 2.33. The van der Waals surface area contributed by atoms with Crippen LogP contribution in [0.2, 0.25) is 10.0 Å². The molecule has 0 fully saturated rings. The number of nitrogens with one attached hydrogen (secondary N) is 1. The van der Waals surface area contributed by atoms with Gasteiger partial charge in [-0.15, -0.1) is 0 Å². The summed E-state index contributed by atoms with van der Waals surface area (Å²) in [6.07, 6.45) is 0. The quantitative estimate of drug-likeness (QED) is 0.316. The zero-order valence-corrected chi connectivity index (χ0v) is 22.4. The van der Waals surface area contributed by atoms with Gasteiger partial charge in [0, 0.05) is 12.6 Å². The van der Waals surface area contributed by atoms with Gasteiger partial charge in [-0.1, -0.05) is 41.4 Å². The Bertz CT molecular complexity index is 1350. The van der Waals surface area contributed by atoms with Gasteiger partial charge in [0.05, 0.1) is 30.0 Å². The molecule has 3 aromatic rings. The first-order chi connectivity index (χ1) is 17.1. The lowest BCUT2D eigenvalue weighted by atomic mass is 10.1. The number of amides is 2. The van der Waals surface area contributed by atoms with E-state index in [-0.39, 0.29) is 45.1 Å². The molecule has 0 atom stereocenters. The number of carbonyl (C=O) groups is 1. The normalized spacial score (nSPS) is 11.2. The van der Waals surface area contributed by atoms with E-state index in [0.29, 0.717) is 17.0 Å². The van der Waals surface area contributed by atoms with E-state index in [1.165, 1.54) is 38.5 Å². The summed E-state index contributed by atoms with van der Waals surface area (Å²) in [5.41, 5.74) is 1.15. The predicted octanol–water partition coefficient (Wildman–Crippen LogP) is 6.22. The van der Waals surface area contributed by atoms with Gasteiger partial charge in [0.2, 0.25) is 0 Å². The second-order valence-electron chi connectivity index (χ2n) is 7.95. The average Bonchev–Trinajstić information content (AvgIpc) is 2.84. The highest BCUT2D eigenvalue weighted by atomic mass is 35.5. The third-order valence-electron chi connectivity index (χ3n) is 5.19. The molecule has 0 saturated carbocycles. The molecule has 0 aliphatic heterocycles. The first-order valence-electron chi connectivity index (χ1n) is 10.8. The average molecular weight is 553 g/mol. The van der Waals surface area contributed by atoms with E-state index < -0.39 is 10.1 Å². The van der Waals surface area contributed by atoms with E-state index in [0.717, 1.165) is 0 Å². The van der Waals surface area contributed by atoms with Crippen molar-refractivity contribution in [2.24, 2.45) is 0 Å². The Morgan fingerprint density at radius 2 is 1.61 bits per heavy atom. The molecule has 0 aliphatic rings. The molecule has 0 saturated heterocycles. The standard InChI is InChI=1S/C25H26Cl2N2O6S/c1-16(2)29(25(30)28-21-7-5-6-8-22(21)33-3)15-17-9-12-23(34-4)24(13-17)35-36(31,32)18-10-11-19(26)20(27)14-18/h5-14,16H,15H2,1-4H3,(H,28,30). The number of urea groups is 1. The Kier molecular flexibility index (Phi) is 8.94. The number of hydrogen-bond acceptors (Lipinski definition) is 6. The van der Waals surface area contributed by atoms with E-state index in [4.69, 9.17) is 36.9 Å². The van der Waals surface area contributed by atoms with Crippen molar-refractivity contribution in [3.05, 3.63) is 76.3 Å². The van der Waals surface area contributed by atoms with Crippen LogP contribution in [0.25, 0.3) is 0 Å². The summed E-state index contributed by atoms with van der Waals surface area (Å²) in [5.74, 6) is 0.703. The second-order valence-corrected chi connectivity index (χ2v) is 10.3. The predicted molar refractivity (Wildman–Crippen MR) is 140 cm³/mol. The monoisotopic (exact) mass is 552 g/mol. The molecule has 0 radical (unpaired) electrons. The topological polar surface area (TPSA) is 94.2 Å². The minimum absolute atomic E-state index is 0.0325. The van der Waals surface area contributed by atoms with Crippen molar-refractivity contribution in [1.82, 2.24) is 4.90 Å². The molecule has 0 unspecified atom stereocenters. The smallest absolute Gasteiger partial charge is 0.339 e. The van der Waals surface area contributed by atoms with Crippen molar-refractivity contribution < 1.29 is 26.9 Å². The number of anilines is 1. The Hall–Kier alpha value is -3.14. The number of methoxy groups -OCH3 is 2. The van der Waals surface area contributed by atoms with Crippen LogP contribution in [0.4, 0.5) is 10.5 Å². The van der Waals surface area contributed by atoms with Gasteiger partial charge in [0.15, 0.2) is 11.5 Å². The summed E-state index contributed by atoms with van der Waals surface area (Å²) in [7, 11) is -1.32. The van der Waals surface area contributed by atoms with Crippen LogP contribution in [-0.4, -0.2) is 39.6 Å². The van der Waals surface area contributed by atoms with Crippen LogP contribution in [0, 0.1) is 0 Å². The number of hydrogen-bond donors (Lipinski definition) is 1. The molecule has 0 aliphatic carbocycles. The van der Waals surface area contributed by atoms with Crippen LogP contribution in [0.15, 0.2) is 65.6 Å².